The molecule has 0 aromatic heterocycles. The Morgan fingerprint density at radius 1 is 1.19 bits per heavy atom. The van der Waals surface area contributed by atoms with Crippen LogP contribution >= 0.6 is 0 Å². The third kappa shape index (κ3) is 6.33. The number of carbonyl (C=O) groups excluding carboxylic acids is 1. The van der Waals surface area contributed by atoms with Crippen molar-refractivity contribution in [2.75, 3.05) is 6.61 Å². The molecule has 3 atom stereocenters. The highest BCUT2D eigenvalue weighted by atomic mass is 16.5. The van der Waals surface area contributed by atoms with Gasteiger partial charge in [-0.05, 0) is 63.3 Å². The van der Waals surface area contributed by atoms with Crippen LogP contribution in [0.2, 0.25) is 0 Å². The lowest BCUT2D eigenvalue weighted by molar-refractivity contribution is -0.0348. The number of phenols is 1. The fourth-order valence-electron chi connectivity index (χ4n) is 3.70. The molecular formula is C23H32O4. The maximum atomic E-state index is 12.5. The van der Waals surface area contributed by atoms with E-state index in [1.165, 1.54) is 23.3 Å². The minimum Gasteiger partial charge on any atom is -0.508 e. The highest BCUT2D eigenvalue weighted by molar-refractivity contribution is 5.97. The minimum absolute atomic E-state index is 0.0403. The molecule has 4 heteroatoms. The summed E-state index contributed by atoms with van der Waals surface area (Å²) in [6.45, 7) is 8.26. The Bertz CT molecular complexity index is 685. The largest absolute Gasteiger partial charge is 0.508 e. The molecule has 0 amide bonds. The van der Waals surface area contributed by atoms with Crippen LogP contribution in [0.15, 0.2) is 47.6 Å². The Morgan fingerprint density at radius 2 is 1.85 bits per heavy atom. The van der Waals surface area contributed by atoms with Crippen LogP contribution in [0.5, 0.6) is 5.75 Å². The fraction of sp³-hybridized carbons (Fsp3) is 0.522. The van der Waals surface area contributed by atoms with Gasteiger partial charge in [-0.25, -0.2) is 0 Å². The summed E-state index contributed by atoms with van der Waals surface area (Å²) < 4.78 is 6.07. The molecule has 0 radical (unpaired) electrons. The van der Waals surface area contributed by atoms with Gasteiger partial charge in [-0.15, -0.1) is 0 Å². The summed E-state index contributed by atoms with van der Waals surface area (Å²) >= 11 is 0. The molecule has 0 spiro atoms. The number of hydrogen-bond acceptors (Lipinski definition) is 4. The molecule has 1 aromatic carbocycles. The number of ether oxygens (including phenoxy) is 1. The van der Waals surface area contributed by atoms with E-state index in [4.69, 9.17) is 4.74 Å². The first-order valence-electron chi connectivity index (χ1n) is 9.72. The molecule has 2 N–H and O–H groups in total. The first kappa shape index (κ1) is 21.4. The predicted octanol–water partition coefficient (Wildman–Crippen LogP) is 4.67. The Balaban J connectivity index is 2.18. The molecule has 1 aromatic rings. The van der Waals surface area contributed by atoms with E-state index >= 15 is 0 Å². The normalized spacial score (nSPS) is 28.1. The number of rotatable bonds is 5. The van der Waals surface area contributed by atoms with E-state index in [1.807, 2.05) is 6.08 Å². The fourth-order valence-corrected chi connectivity index (χ4v) is 3.70. The van der Waals surface area contributed by atoms with E-state index in [1.54, 1.807) is 12.1 Å². The number of carbonyl (C=O) groups is 1. The summed E-state index contributed by atoms with van der Waals surface area (Å²) in [6.07, 6.45) is 5.94. The lowest BCUT2D eigenvalue weighted by Crippen LogP contribution is -2.38. The van der Waals surface area contributed by atoms with Crippen molar-refractivity contribution in [3.63, 3.8) is 0 Å². The van der Waals surface area contributed by atoms with Crippen LogP contribution in [0.4, 0.5) is 0 Å². The summed E-state index contributed by atoms with van der Waals surface area (Å²) in [6, 6.07) is 6.19. The number of phenolic OH excluding ortho intramolecular Hbond substituents is 1. The lowest BCUT2D eigenvalue weighted by atomic mass is 9.81. The molecule has 1 aliphatic carbocycles. The Hall–Kier alpha value is -1.91. The van der Waals surface area contributed by atoms with Crippen molar-refractivity contribution in [2.24, 2.45) is 11.8 Å². The molecule has 0 fully saturated rings. The van der Waals surface area contributed by atoms with Gasteiger partial charge >= 0.3 is 0 Å². The number of benzene rings is 1. The van der Waals surface area contributed by atoms with Crippen LogP contribution in [0.25, 0.3) is 0 Å². The van der Waals surface area contributed by atoms with Gasteiger partial charge in [-0.3, -0.25) is 4.79 Å². The van der Waals surface area contributed by atoms with Gasteiger partial charge in [0.1, 0.15) is 12.4 Å². The molecule has 3 unspecified atom stereocenters. The summed E-state index contributed by atoms with van der Waals surface area (Å²) in [7, 11) is 0. The van der Waals surface area contributed by atoms with E-state index in [2.05, 4.69) is 33.8 Å². The van der Waals surface area contributed by atoms with E-state index in [9.17, 15) is 15.0 Å². The van der Waals surface area contributed by atoms with Gasteiger partial charge in [0.2, 0.25) is 0 Å². The van der Waals surface area contributed by atoms with Crippen LogP contribution in [0.3, 0.4) is 0 Å². The van der Waals surface area contributed by atoms with Crippen molar-refractivity contribution in [3.05, 3.63) is 53.1 Å². The van der Waals surface area contributed by atoms with Crippen molar-refractivity contribution >= 4 is 5.78 Å². The second kappa shape index (κ2) is 9.86. The number of allylic oxidation sites excluding steroid dienone is 2. The zero-order valence-electron chi connectivity index (χ0n) is 16.8. The van der Waals surface area contributed by atoms with Gasteiger partial charge < -0.3 is 14.9 Å². The number of ketones is 1. The number of Topliss-reactive ketones (excluding diaryl/α,β-unsaturated/α-hetero) is 1. The molecule has 4 nitrogen and oxygen atoms in total. The highest BCUT2D eigenvalue weighted by Crippen LogP contribution is 2.30. The van der Waals surface area contributed by atoms with Crippen LogP contribution in [0.1, 0.15) is 57.3 Å². The summed E-state index contributed by atoms with van der Waals surface area (Å²) in [5.74, 6) is 0.127. The lowest BCUT2D eigenvalue weighted by Gasteiger charge is -2.34. The number of aliphatic hydroxyl groups excluding tert-OH is 1. The summed E-state index contributed by atoms with van der Waals surface area (Å²) in [5.41, 5.74) is 2.92. The van der Waals surface area contributed by atoms with Crippen molar-refractivity contribution in [2.45, 2.75) is 59.2 Å². The molecule has 0 heterocycles. The molecule has 27 heavy (non-hydrogen) atoms. The van der Waals surface area contributed by atoms with E-state index < -0.39 is 6.10 Å². The number of hydrogen-bond donors (Lipinski definition) is 2. The zero-order chi connectivity index (χ0) is 20.0. The monoisotopic (exact) mass is 372 g/mol. The standard InChI is InChI=1S/C23H32O4/c1-15(2)23-20(25)12-16(3)6-5-7-17(4)13-22(23)27-14-21(26)18-8-10-19(24)11-9-18/h7-12,15,20,22-25H,5-6,13-14H2,1-4H3/b16-12+,17-7-. The number of aliphatic hydroxyl groups is 1. The molecule has 1 aliphatic rings. The molecule has 0 saturated carbocycles. The van der Waals surface area contributed by atoms with Gasteiger partial charge in [0.25, 0.3) is 0 Å². The molecule has 2 rings (SSSR count). The van der Waals surface area contributed by atoms with Crippen molar-refractivity contribution < 1.29 is 19.7 Å². The van der Waals surface area contributed by atoms with Gasteiger partial charge in [-0.1, -0.05) is 37.1 Å². The van der Waals surface area contributed by atoms with Crippen LogP contribution < -0.4 is 0 Å². The Morgan fingerprint density at radius 3 is 2.48 bits per heavy atom. The molecule has 148 valence electrons. The third-order valence-electron chi connectivity index (χ3n) is 5.22. The van der Waals surface area contributed by atoms with Crippen molar-refractivity contribution in [1.82, 2.24) is 0 Å². The minimum atomic E-state index is -0.593. The maximum Gasteiger partial charge on any atom is 0.188 e. The Labute approximate surface area is 162 Å². The average Bonchev–Trinajstić information content (AvgIpc) is 2.59. The molecule has 0 aliphatic heterocycles. The first-order chi connectivity index (χ1) is 12.8. The second-order valence-electron chi connectivity index (χ2n) is 7.94. The van der Waals surface area contributed by atoms with Gasteiger partial charge in [0, 0.05) is 11.5 Å². The smallest absolute Gasteiger partial charge is 0.188 e. The number of aromatic hydroxyl groups is 1. The van der Waals surface area contributed by atoms with E-state index in [-0.39, 0.29) is 36.1 Å². The quantitative estimate of drug-likeness (QED) is 0.582. The summed E-state index contributed by atoms with van der Waals surface area (Å²) in [5, 5.41) is 20.2. The maximum absolute atomic E-state index is 12.5. The SMILES string of the molecule is C/C1=C/CC/C(C)=C/C(O)C(C(C)C)C(OCC(=O)c2ccc(O)cc2)C1. The average molecular weight is 373 g/mol. The van der Waals surface area contributed by atoms with Crippen LogP contribution in [0, 0.1) is 11.8 Å². The molecule has 0 saturated heterocycles. The molecule has 0 bridgehead atoms. The van der Waals surface area contributed by atoms with Crippen LogP contribution in [-0.2, 0) is 4.74 Å². The zero-order valence-corrected chi connectivity index (χ0v) is 16.8. The predicted molar refractivity (Wildman–Crippen MR) is 108 cm³/mol. The summed E-state index contributed by atoms with van der Waals surface area (Å²) in [4.78, 5) is 12.5. The van der Waals surface area contributed by atoms with Gasteiger partial charge in [0.05, 0.1) is 12.2 Å². The highest BCUT2D eigenvalue weighted by Gasteiger charge is 2.32. The first-order valence-corrected chi connectivity index (χ1v) is 9.72. The molecular weight excluding hydrogens is 340 g/mol. The van der Waals surface area contributed by atoms with Gasteiger partial charge in [0.15, 0.2) is 5.78 Å². The topological polar surface area (TPSA) is 66.8 Å². The second-order valence-corrected chi connectivity index (χ2v) is 7.94. The van der Waals surface area contributed by atoms with E-state index in [0.29, 0.717) is 12.0 Å². The van der Waals surface area contributed by atoms with E-state index in [0.717, 1.165) is 12.8 Å². The van der Waals surface area contributed by atoms with Crippen molar-refractivity contribution in [3.8, 4) is 5.75 Å². The van der Waals surface area contributed by atoms with Gasteiger partial charge in [-0.2, -0.15) is 0 Å². The van der Waals surface area contributed by atoms with Crippen molar-refractivity contribution in [1.29, 1.82) is 0 Å². The Kier molecular flexibility index (Phi) is 7.81. The van der Waals surface area contributed by atoms with Crippen LogP contribution in [-0.4, -0.2) is 34.8 Å². The third-order valence-corrected chi connectivity index (χ3v) is 5.22.